The molecule has 1 saturated heterocycles. The van der Waals surface area contributed by atoms with Gasteiger partial charge in [0.05, 0.1) is 11.7 Å². The van der Waals surface area contributed by atoms with Gasteiger partial charge in [0.25, 0.3) is 0 Å². The Morgan fingerprint density at radius 1 is 1.56 bits per heavy atom. The largest absolute Gasteiger partial charge is 0.391 e. The third kappa shape index (κ3) is 2.46. The number of β-amino-alcohol motifs (C(OH)–C–C–N with tert-alkyl or cyclic N) is 1. The molecule has 2 atom stereocenters. The van der Waals surface area contributed by atoms with Crippen LogP contribution in [0.15, 0.2) is 12.1 Å². The zero-order chi connectivity index (χ0) is 13.3. The molecular formula is C13H20N4O. The van der Waals surface area contributed by atoms with E-state index in [1.54, 1.807) is 0 Å². The van der Waals surface area contributed by atoms with E-state index in [1.165, 1.54) is 0 Å². The average Bonchev–Trinajstić information content (AvgIpc) is 2.32. The molecule has 18 heavy (non-hydrogen) atoms. The molecule has 5 heteroatoms. The van der Waals surface area contributed by atoms with Crippen LogP contribution in [-0.4, -0.2) is 35.1 Å². The lowest BCUT2D eigenvalue weighted by atomic mass is 9.96. The van der Waals surface area contributed by atoms with Crippen LogP contribution in [0.25, 0.3) is 0 Å². The summed E-state index contributed by atoms with van der Waals surface area (Å²) in [7, 11) is 0. The minimum Gasteiger partial charge on any atom is -0.391 e. The molecule has 1 aromatic rings. The van der Waals surface area contributed by atoms with Gasteiger partial charge >= 0.3 is 0 Å². The molecule has 1 aromatic heterocycles. The van der Waals surface area contributed by atoms with E-state index in [1.807, 2.05) is 24.0 Å². The summed E-state index contributed by atoms with van der Waals surface area (Å²) in [5, 5.41) is 17.6. The average molecular weight is 248 g/mol. The Balaban J connectivity index is 2.32. The van der Waals surface area contributed by atoms with Crippen LogP contribution in [0, 0.1) is 18.3 Å². The third-order valence-corrected chi connectivity index (χ3v) is 3.52. The van der Waals surface area contributed by atoms with E-state index < -0.39 is 0 Å². The van der Waals surface area contributed by atoms with Crippen LogP contribution in [0.2, 0.25) is 0 Å². The number of nitrogens with two attached hydrogens (primary N) is 1. The number of nitrogens with one attached hydrogen (secondary N) is 1. The first-order chi connectivity index (χ1) is 8.49. The van der Waals surface area contributed by atoms with Gasteiger partial charge in [-0.15, -0.1) is 0 Å². The highest BCUT2D eigenvalue weighted by Crippen LogP contribution is 2.25. The SMILES string of the molecule is Cc1ccc(C(=N)N)c(N2CCC(C)C(O)C2)n1. The Morgan fingerprint density at radius 2 is 2.28 bits per heavy atom. The van der Waals surface area contributed by atoms with Crippen molar-refractivity contribution in [2.75, 3.05) is 18.0 Å². The summed E-state index contributed by atoms with van der Waals surface area (Å²) >= 11 is 0. The number of hydrogen-bond acceptors (Lipinski definition) is 4. The van der Waals surface area contributed by atoms with Crippen LogP contribution in [0.4, 0.5) is 5.82 Å². The van der Waals surface area contributed by atoms with Gasteiger partial charge in [0, 0.05) is 18.8 Å². The maximum absolute atomic E-state index is 9.95. The lowest BCUT2D eigenvalue weighted by molar-refractivity contribution is 0.102. The highest BCUT2D eigenvalue weighted by atomic mass is 16.3. The van der Waals surface area contributed by atoms with Crippen LogP contribution < -0.4 is 10.6 Å². The topological polar surface area (TPSA) is 86.2 Å². The molecule has 0 amide bonds. The first-order valence-corrected chi connectivity index (χ1v) is 6.24. The second-order valence-electron chi connectivity index (χ2n) is 5.02. The zero-order valence-electron chi connectivity index (χ0n) is 10.8. The van der Waals surface area contributed by atoms with Crippen molar-refractivity contribution >= 4 is 11.7 Å². The Morgan fingerprint density at radius 3 is 2.89 bits per heavy atom. The summed E-state index contributed by atoms with van der Waals surface area (Å²) < 4.78 is 0. The quantitative estimate of drug-likeness (QED) is 0.535. The van der Waals surface area contributed by atoms with E-state index >= 15 is 0 Å². The second kappa shape index (κ2) is 4.94. The Bertz CT molecular complexity index is 460. The van der Waals surface area contributed by atoms with Crippen molar-refractivity contribution in [2.24, 2.45) is 11.7 Å². The molecule has 2 rings (SSSR count). The summed E-state index contributed by atoms with van der Waals surface area (Å²) in [4.78, 5) is 6.49. The van der Waals surface area contributed by atoms with Gasteiger partial charge in [0.2, 0.25) is 0 Å². The van der Waals surface area contributed by atoms with Crippen molar-refractivity contribution < 1.29 is 5.11 Å². The van der Waals surface area contributed by atoms with E-state index in [2.05, 4.69) is 11.9 Å². The number of nitrogen functional groups attached to an aromatic ring is 1. The van der Waals surface area contributed by atoms with Crippen LogP contribution in [0.1, 0.15) is 24.6 Å². The fourth-order valence-corrected chi connectivity index (χ4v) is 2.24. The molecule has 0 bridgehead atoms. The standard InChI is InChI=1S/C13H20N4O/c1-8-5-6-17(7-11(8)18)13-10(12(14)15)4-3-9(2)16-13/h3-4,8,11,18H,5-7H2,1-2H3,(H3,14,15). The predicted molar refractivity (Wildman–Crippen MR) is 72.0 cm³/mol. The summed E-state index contributed by atoms with van der Waals surface area (Å²) in [5.41, 5.74) is 7.12. The number of piperidine rings is 1. The van der Waals surface area contributed by atoms with Gasteiger partial charge in [-0.25, -0.2) is 4.98 Å². The Kier molecular flexibility index (Phi) is 3.52. The molecule has 98 valence electrons. The molecule has 5 nitrogen and oxygen atoms in total. The van der Waals surface area contributed by atoms with E-state index in [4.69, 9.17) is 11.1 Å². The smallest absolute Gasteiger partial charge is 0.139 e. The number of nitrogens with zero attached hydrogens (tertiary/aromatic N) is 2. The number of pyridine rings is 1. The molecule has 4 N–H and O–H groups in total. The Labute approximate surface area is 107 Å². The maximum atomic E-state index is 9.95. The predicted octanol–water partition coefficient (Wildman–Crippen LogP) is 0.881. The molecule has 1 aliphatic heterocycles. The molecule has 0 spiro atoms. The highest BCUT2D eigenvalue weighted by molar-refractivity contribution is 5.99. The molecule has 2 unspecified atom stereocenters. The molecule has 0 aliphatic carbocycles. The summed E-state index contributed by atoms with van der Waals surface area (Å²) in [6.07, 6.45) is 0.578. The van der Waals surface area contributed by atoms with Crippen LogP contribution >= 0.6 is 0 Å². The highest BCUT2D eigenvalue weighted by Gasteiger charge is 2.26. The number of hydrogen-bond donors (Lipinski definition) is 3. The molecule has 1 fully saturated rings. The van der Waals surface area contributed by atoms with Crippen molar-refractivity contribution in [3.05, 3.63) is 23.4 Å². The molecule has 0 saturated carbocycles. The number of anilines is 1. The Hall–Kier alpha value is -1.62. The minimum absolute atomic E-state index is 0.0191. The van der Waals surface area contributed by atoms with Gasteiger partial charge in [-0.1, -0.05) is 6.92 Å². The summed E-state index contributed by atoms with van der Waals surface area (Å²) in [5.74, 6) is 1.05. The van der Waals surface area contributed by atoms with Gasteiger partial charge in [0.15, 0.2) is 0 Å². The zero-order valence-corrected chi connectivity index (χ0v) is 10.8. The van der Waals surface area contributed by atoms with Crippen LogP contribution in [0.3, 0.4) is 0 Å². The fraction of sp³-hybridized carbons (Fsp3) is 0.538. The molecule has 1 aliphatic rings. The van der Waals surface area contributed by atoms with Crippen molar-refractivity contribution in [3.63, 3.8) is 0 Å². The number of aryl methyl sites for hydroxylation is 1. The van der Waals surface area contributed by atoms with E-state index in [9.17, 15) is 5.11 Å². The van der Waals surface area contributed by atoms with Crippen LogP contribution in [0.5, 0.6) is 0 Å². The molecule has 2 heterocycles. The monoisotopic (exact) mass is 248 g/mol. The van der Waals surface area contributed by atoms with Crippen LogP contribution in [-0.2, 0) is 0 Å². The van der Waals surface area contributed by atoms with Crippen molar-refractivity contribution in [3.8, 4) is 0 Å². The second-order valence-corrected chi connectivity index (χ2v) is 5.02. The lowest BCUT2D eigenvalue weighted by Gasteiger charge is -2.36. The molecular weight excluding hydrogens is 228 g/mol. The number of aromatic nitrogens is 1. The first kappa shape index (κ1) is 12.8. The lowest BCUT2D eigenvalue weighted by Crippen LogP contribution is -2.44. The van der Waals surface area contributed by atoms with E-state index in [0.29, 0.717) is 23.8 Å². The number of aliphatic hydroxyl groups excluding tert-OH is 1. The number of aliphatic hydroxyl groups is 1. The molecule has 0 radical (unpaired) electrons. The minimum atomic E-state index is -0.346. The maximum Gasteiger partial charge on any atom is 0.139 e. The first-order valence-electron chi connectivity index (χ1n) is 6.24. The van der Waals surface area contributed by atoms with Crippen molar-refractivity contribution in [2.45, 2.75) is 26.4 Å². The van der Waals surface area contributed by atoms with Crippen molar-refractivity contribution in [1.82, 2.24) is 4.98 Å². The van der Waals surface area contributed by atoms with E-state index in [0.717, 1.165) is 18.7 Å². The van der Waals surface area contributed by atoms with Gasteiger partial charge < -0.3 is 15.7 Å². The fourth-order valence-electron chi connectivity index (χ4n) is 2.24. The normalized spacial score (nSPS) is 24.1. The summed E-state index contributed by atoms with van der Waals surface area (Å²) in [6.45, 7) is 5.36. The van der Waals surface area contributed by atoms with Gasteiger partial charge in [0.1, 0.15) is 11.7 Å². The summed E-state index contributed by atoms with van der Waals surface area (Å²) in [6, 6.07) is 3.67. The van der Waals surface area contributed by atoms with E-state index in [-0.39, 0.29) is 11.9 Å². The number of rotatable bonds is 2. The van der Waals surface area contributed by atoms with Gasteiger partial charge in [-0.2, -0.15) is 0 Å². The number of amidine groups is 1. The van der Waals surface area contributed by atoms with Gasteiger partial charge in [-0.3, -0.25) is 5.41 Å². The third-order valence-electron chi connectivity index (χ3n) is 3.52. The van der Waals surface area contributed by atoms with Gasteiger partial charge in [-0.05, 0) is 31.4 Å². The molecule has 0 aromatic carbocycles. The van der Waals surface area contributed by atoms with Crippen molar-refractivity contribution in [1.29, 1.82) is 5.41 Å².